The summed E-state index contributed by atoms with van der Waals surface area (Å²) in [5, 5.41) is 1.92. The van der Waals surface area contributed by atoms with E-state index < -0.39 is 0 Å². The number of amides is 2. The average molecular weight is 400 g/mol. The van der Waals surface area contributed by atoms with Gasteiger partial charge in [0.05, 0.1) is 17.2 Å². The zero-order valence-electron chi connectivity index (χ0n) is 14.4. The van der Waals surface area contributed by atoms with E-state index in [-0.39, 0.29) is 29.6 Å². The molecule has 0 aromatic heterocycles. The van der Waals surface area contributed by atoms with Crippen LogP contribution in [0.3, 0.4) is 0 Å². The van der Waals surface area contributed by atoms with Crippen molar-refractivity contribution in [1.29, 1.82) is 0 Å². The molecule has 3 rings (SSSR count). The molecule has 2 aliphatic rings. The summed E-state index contributed by atoms with van der Waals surface area (Å²) in [4.78, 5) is 25.8. The Hall–Kier alpha value is -1.74. The number of carbonyl (C=O) groups excluding carboxylic acids is 2. The van der Waals surface area contributed by atoms with Crippen LogP contribution in [0.5, 0.6) is 5.75 Å². The number of hydrogen-bond donors (Lipinski definition) is 2. The fraction of sp³-hybridized carbons (Fsp3) is 0.412. The highest BCUT2D eigenvalue weighted by Gasteiger charge is 2.28. The van der Waals surface area contributed by atoms with Gasteiger partial charge in [0.25, 0.3) is 11.1 Å². The van der Waals surface area contributed by atoms with E-state index in [2.05, 4.69) is 10.2 Å². The lowest BCUT2D eigenvalue weighted by Gasteiger charge is -2.24. The van der Waals surface area contributed by atoms with Gasteiger partial charge < -0.3 is 20.1 Å². The van der Waals surface area contributed by atoms with Crippen LogP contribution in [0, 0.1) is 0 Å². The van der Waals surface area contributed by atoms with Gasteiger partial charge >= 0.3 is 0 Å². The van der Waals surface area contributed by atoms with Crippen LogP contribution in [0.2, 0.25) is 0 Å². The molecule has 0 unspecified atom stereocenters. The lowest BCUT2D eigenvalue weighted by Crippen LogP contribution is -2.27. The van der Waals surface area contributed by atoms with E-state index in [0.29, 0.717) is 18.1 Å². The minimum atomic E-state index is -0.371. The van der Waals surface area contributed by atoms with Crippen LogP contribution in [0.15, 0.2) is 23.1 Å². The van der Waals surface area contributed by atoms with Crippen LogP contribution >= 0.6 is 24.2 Å². The van der Waals surface area contributed by atoms with Crippen molar-refractivity contribution in [2.75, 3.05) is 38.3 Å². The Morgan fingerprint density at radius 1 is 1.38 bits per heavy atom. The molecular formula is C17H22ClN3O4S. The van der Waals surface area contributed by atoms with Crippen molar-refractivity contribution in [3.8, 4) is 5.75 Å². The molecule has 1 atom stereocenters. The number of nitrogens with two attached hydrogens (primary N) is 1. The number of carbonyl (C=O) groups is 2. The predicted molar refractivity (Wildman–Crippen MR) is 105 cm³/mol. The van der Waals surface area contributed by atoms with Gasteiger partial charge in [-0.05, 0) is 30.3 Å². The molecule has 0 saturated carbocycles. The standard InChI is InChI=1S/C17H21N3O4S.ClH/c1-23-7-8-24-13-4-2-3-11(9-14-16(21)19-17(22)25-14)15(13)20-6-5-12(18)10-20;/h2-4,9,12H,5-8,10,18H2,1H3,(H,19,21,22);1H/b14-9-;/t12-;/m0./s1. The smallest absolute Gasteiger partial charge is 0.290 e. The van der Waals surface area contributed by atoms with E-state index in [1.807, 2.05) is 18.2 Å². The maximum absolute atomic E-state index is 11.9. The lowest BCUT2D eigenvalue weighted by molar-refractivity contribution is -0.115. The molecule has 2 fully saturated rings. The Balaban J connectivity index is 0.00000243. The SMILES string of the molecule is COCCOc1cccc(/C=C2\SC(=O)NC2=O)c1N1CC[C@H](N)C1.Cl. The summed E-state index contributed by atoms with van der Waals surface area (Å²) in [5.41, 5.74) is 7.78. The number of thioether (sulfide) groups is 1. The first-order valence-corrected chi connectivity index (χ1v) is 8.90. The molecule has 1 aromatic carbocycles. The van der Waals surface area contributed by atoms with E-state index in [9.17, 15) is 9.59 Å². The number of nitrogens with one attached hydrogen (secondary N) is 1. The van der Waals surface area contributed by atoms with Crippen molar-refractivity contribution in [2.45, 2.75) is 12.5 Å². The topological polar surface area (TPSA) is 93.9 Å². The molecule has 0 spiro atoms. The van der Waals surface area contributed by atoms with Crippen molar-refractivity contribution < 1.29 is 19.1 Å². The number of halogens is 1. The third-order valence-corrected chi connectivity index (χ3v) is 4.86. The second kappa shape index (κ2) is 9.27. The van der Waals surface area contributed by atoms with Crippen molar-refractivity contribution >= 4 is 47.1 Å². The predicted octanol–water partition coefficient (Wildman–Crippen LogP) is 1.99. The maximum Gasteiger partial charge on any atom is 0.290 e. The van der Waals surface area contributed by atoms with E-state index >= 15 is 0 Å². The molecule has 142 valence electrons. The zero-order chi connectivity index (χ0) is 17.8. The molecule has 0 radical (unpaired) electrons. The summed E-state index contributed by atoms with van der Waals surface area (Å²) in [6.07, 6.45) is 2.63. The summed E-state index contributed by atoms with van der Waals surface area (Å²) in [5.74, 6) is 0.347. The molecule has 26 heavy (non-hydrogen) atoms. The van der Waals surface area contributed by atoms with Gasteiger partial charge in [0.15, 0.2) is 0 Å². The molecule has 2 saturated heterocycles. The first-order valence-electron chi connectivity index (χ1n) is 8.08. The maximum atomic E-state index is 11.9. The molecule has 0 aliphatic carbocycles. The van der Waals surface area contributed by atoms with Gasteiger partial charge in [0.2, 0.25) is 0 Å². The highest BCUT2D eigenvalue weighted by atomic mass is 35.5. The van der Waals surface area contributed by atoms with Gasteiger partial charge in [-0.2, -0.15) is 0 Å². The fourth-order valence-corrected chi connectivity index (χ4v) is 3.57. The normalized spacial score (nSPS) is 21.1. The molecular weight excluding hydrogens is 378 g/mol. The van der Waals surface area contributed by atoms with E-state index in [1.165, 1.54) is 0 Å². The second-order valence-electron chi connectivity index (χ2n) is 5.88. The van der Waals surface area contributed by atoms with E-state index in [1.54, 1.807) is 13.2 Å². The number of rotatable bonds is 6. The minimum absolute atomic E-state index is 0. The molecule has 1 aromatic rings. The third-order valence-electron chi connectivity index (χ3n) is 4.04. The third kappa shape index (κ3) is 4.70. The Morgan fingerprint density at radius 3 is 2.81 bits per heavy atom. The molecule has 3 N–H and O–H groups in total. The van der Waals surface area contributed by atoms with Gasteiger partial charge in [0.1, 0.15) is 12.4 Å². The fourth-order valence-electron chi connectivity index (χ4n) is 2.90. The van der Waals surface area contributed by atoms with Crippen LogP contribution in [-0.4, -0.2) is 50.6 Å². The van der Waals surface area contributed by atoms with Crippen LogP contribution in [0.1, 0.15) is 12.0 Å². The minimum Gasteiger partial charge on any atom is -0.489 e. The summed E-state index contributed by atoms with van der Waals surface area (Å²) in [6.45, 7) is 2.45. The number of ether oxygens (including phenoxy) is 2. The number of nitrogens with zero attached hydrogens (tertiary/aromatic N) is 1. The number of methoxy groups -OCH3 is 1. The van der Waals surface area contributed by atoms with Gasteiger partial charge in [-0.15, -0.1) is 12.4 Å². The highest BCUT2D eigenvalue weighted by Crippen LogP contribution is 2.37. The Kier molecular flexibility index (Phi) is 7.33. The summed E-state index contributed by atoms with van der Waals surface area (Å²) < 4.78 is 10.9. The van der Waals surface area contributed by atoms with Gasteiger partial charge in [-0.1, -0.05) is 12.1 Å². The molecule has 0 bridgehead atoms. The molecule has 2 amide bonds. The van der Waals surface area contributed by atoms with Gasteiger partial charge in [0, 0.05) is 31.8 Å². The van der Waals surface area contributed by atoms with Crippen molar-refractivity contribution in [2.24, 2.45) is 5.73 Å². The number of para-hydroxylation sites is 1. The van der Waals surface area contributed by atoms with E-state index in [0.717, 1.165) is 48.3 Å². The Labute approximate surface area is 162 Å². The van der Waals surface area contributed by atoms with Gasteiger partial charge in [-0.25, -0.2) is 0 Å². The first kappa shape index (κ1) is 20.6. The number of hydrogen-bond acceptors (Lipinski definition) is 7. The van der Waals surface area contributed by atoms with Crippen molar-refractivity contribution in [3.63, 3.8) is 0 Å². The second-order valence-corrected chi connectivity index (χ2v) is 6.90. The molecule has 2 heterocycles. The lowest BCUT2D eigenvalue weighted by atomic mass is 10.1. The van der Waals surface area contributed by atoms with Crippen molar-refractivity contribution in [1.82, 2.24) is 5.32 Å². The van der Waals surface area contributed by atoms with Crippen LogP contribution < -0.4 is 20.7 Å². The van der Waals surface area contributed by atoms with Crippen LogP contribution in [0.25, 0.3) is 6.08 Å². The van der Waals surface area contributed by atoms with Crippen LogP contribution in [-0.2, 0) is 9.53 Å². The Bertz CT molecular complexity index is 713. The number of imide groups is 1. The average Bonchev–Trinajstić information content (AvgIpc) is 3.13. The van der Waals surface area contributed by atoms with Gasteiger partial charge in [-0.3, -0.25) is 14.9 Å². The summed E-state index contributed by atoms with van der Waals surface area (Å²) >= 11 is 0.905. The Morgan fingerprint density at radius 2 is 2.19 bits per heavy atom. The zero-order valence-corrected chi connectivity index (χ0v) is 16.0. The van der Waals surface area contributed by atoms with E-state index in [4.69, 9.17) is 15.2 Å². The van der Waals surface area contributed by atoms with Crippen molar-refractivity contribution in [3.05, 3.63) is 28.7 Å². The first-order chi connectivity index (χ1) is 12.1. The summed E-state index contributed by atoms with van der Waals surface area (Å²) in [7, 11) is 1.62. The monoisotopic (exact) mass is 399 g/mol. The summed E-state index contributed by atoms with van der Waals surface area (Å²) in [6, 6.07) is 5.78. The van der Waals surface area contributed by atoms with Crippen LogP contribution in [0.4, 0.5) is 10.5 Å². The number of anilines is 1. The highest BCUT2D eigenvalue weighted by molar-refractivity contribution is 8.18. The largest absolute Gasteiger partial charge is 0.489 e. The molecule has 7 nitrogen and oxygen atoms in total. The molecule has 9 heteroatoms. The number of benzene rings is 1. The quantitative estimate of drug-likeness (QED) is 0.558. The molecule has 2 aliphatic heterocycles.